The molecule has 0 bridgehead atoms. The average molecular weight is 287 g/mol. The van der Waals surface area contributed by atoms with Crippen LogP contribution in [0.3, 0.4) is 0 Å². The van der Waals surface area contributed by atoms with Gasteiger partial charge in [0.25, 0.3) is 10.0 Å². The number of sulfonamides is 1. The summed E-state index contributed by atoms with van der Waals surface area (Å²) in [6.45, 7) is 1.86. The van der Waals surface area contributed by atoms with E-state index in [2.05, 4.69) is 9.71 Å². The third-order valence-corrected chi connectivity index (χ3v) is 4.04. The van der Waals surface area contributed by atoms with Gasteiger partial charge in [-0.05, 0) is 42.3 Å². The van der Waals surface area contributed by atoms with E-state index in [0.717, 1.165) is 11.1 Å². The van der Waals surface area contributed by atoms with E-state index in [4.69, 9.17) is 5.26 Å². The van der Waals surface area contributed by atoms with Crippen molar-refractivity contribution in [3.8, 4) is 6.07 Å². The zero-order valence-corrected chi connectivity index (χ0v) is 11.7. The molecule has 0 saturated carbocycles. The zero-order chi connectivity index (χ0) is 14.6. The first kappa shape index (κ1) is 14.0. The molecule has 0 aliphatic carbocycles. The fourth-order valence-electron chi connectivity index (χ4n) is 1.67. The minimum Gasteiger partial charge on any atom is -0.263 e. The number of nitrogens with zero attached hydrogens (tertiary/aromatic N) is 2. The normalized spacial score (nSPS) is 10.8. The van der Waals surface area contributed by atoms with Crippen LogP contribution in [0.5, 0.6) is 0 Å². The van der Waals surface area contributed by atoms with Crippen molar-refractivity contribution in [1.82, 2.24) is 4.98 Å². The maximum atomic E-state index is 12.2. The van der Waals surface area contributed by atoms with Crippen LogP contribution in [0.1, 0.15) is 11.1 Å². The Morgan fingerprint density at radius 1 is 1.25 bits per heavy atom. The first-order valence-electron chi connectivity index (χ1n) is 5.92. The second-order valence-corrected chi connectivity index (χ2v) is 5.99. The van der Waals surface area contributed by atoms with Crippen LogP contribution in [0.2, 0.25) is 0 Å². The van der Waals surface area contributed by atoms with Crippen molar-refractivity contribution >= 4 is 15.8 Å². The van der Waals surface area contributed by atoms with Crippen molar-refractivity contribution in [2.45, 2.75) is 18.2 Å². The van der Waals surface area contributed by atoms with Gasteiger partial charge in [0, 0.05) is 6.20 Å². The highest BCUT2D eigenvalue weighted by Crippen LogP contribution is 2.15. The van der Waals surface area contributed by atoms with Gasteiger partial charge < -0.3 is 0 Å². The van der Waals surface area contributed by atoms with Gasteiger partial charge in [-0.1, -0.05) is 12.1 Å². The maximum Gasteiger partial charge on any atom is 0.263 e. The lowest BCUT2D eigenvalue weighted by molar-refractivity contribution is 0.601. The molecular weight excluding hydrogens is 274 g/mol. The lowest BCUT2D eigenvalue weighted by Crippen LogP contribution is -2.13. The molecule has 0 radical (unpaired) electrons. The number of nitriles is 1. The molecule has 1 aromatic carbocycles. The van der Waals surface area contributed by atoms with Crippen LogP contribution in [0.15, 0.2) is 47.5 Å². The van der Waals surface area contributed by atoms with Crippen LogP contribution < -0.4 is 4.72 Å². The Morgan fingerprint density at radius 2 is 1.95 bits per heavy atom. The van der Waals surface area contributed by atoms with Crippen LogP contribution >= 0.6 is 0 Å². The van der Waals surface area contributed by atoms with E-state index >= 15 is 0 Å². The molecule has 6 heteroatoms. The number of hydrogen-bond donors (Lipinski definition) is 1. The van der Waals surface area contributed by atoms with Gasteiger partial charge in [0.15, 0.2) is 0 Å². The predicted octanol–water partition coefficient (Wildman–Crippen LogP) is 2.26. The van der Waals surface area contributed by atoms with Crippen molar-refractivity contribution in [2.75, 3.05) is 4.72 Å². The topological polar surface area (TPSA) is 82.8 Å². The minimum absolute atomic E-state index is 0.141. The third-order valence-electron chi connectivity index (χ3n) is 2.67. The summed E-state index contributed by atoms with van der Waals surface area (Å²) in [6, 6.07) is 11.7. The number of hydrogen-bond acceptors (Lipinski definition) is 4. The van der Waals surface area contributed by atoms with Crippen molar-refractivity contribution in [2.24, 2.45) is 0 Å². The monoisotopic (exact) mass is 287 g/mol. The summed E-state index contributed by atoms with van der Waals surface area (Å²) in [6.07, 6.45) is 1.80. The lowest BCUT2D eigenvalue weighted by Gasteiger charge is -2.08. The summed E-state index contributed by atoms with van der Waals surface area (Å²) < 4.78 is 26.8. The summed E-state index contributed by atoms with van der Waals surface area (Å²) in [5.74, 6) is 0.283. The number of pyridine rings is 1. The van der Waals surface area contributed by atoms with Crippen molar-refractivity contribution in [1.29, 1.82) is 5.26 Å². The molecule has 1 aromatic heterocycles. The molecule has 1 heterocycles. The van der Waals surface area contributed by atoms with E-state index in [0.29, 0.717) is 0 Å². The van der Waals surface area contributed by atoms with Crippen LogP contribution in [0.4, 0.5) is 5.82 Å². The Labute approximate surface area is 118 Å². The third kappa shape index (κ3) is 3.33. The van der Waals surface area contributed by atoms with Gasteiger partial charge in [0.1, 0.15) is 5.82 Å². The Morgan fingerprint density at radius 3 is 2.55 bits per heavy atom. The number of aryl methyl sites for hydroxylation is 1. The summed E-state index contributed by atoms with van der Waals surface area (Å²) >= 11 is 0. The Kier molecular flexibility index (Phi) is 4.01. The maximum absolute atomic E-state index is 12.2. The SMILES string of the molecule is Cc1ccnc(NS(=O)(=O)c2ccc(CC#N)cc2)c1. The highest BCUT2D eigenvalue weighted by molar-refractivity contribution is 7.92. The van der Waals surface area contributed by atoms with Gasteiger partial charge in [0.2, 0.25) is 0 Å². The highest BCUT2D eigenvalue weighted by Gasteiger charge is 2.14. The van der Waals surface area contributed by atoms with Gasteiger partial charge >= 0.3 is 0 Å². The van der Waals surface area contributed by atoms with Crippen molar-refractivity contribution in [3.63, 3.8) is 0 Å². The van der Waals surface area contributed by atoms with Gasteiger partial charge in [-0.15, -0.1) is 0 Å². The first-order valence-corrected chi connectivity index (χ1v) is 7.41. The Hall–Kier alpha value is -2.39. The molecule has 0 aliphatic heterocycles. The van der Waals surface area contributed by atoms with E-state index in [-0.39, 0.29) is 17.1 Å². The predicted molar refractivity (Wildman–Crippen MR) is 75.5 cm³/mol. The quantitative estimate of drug-likeness (QED) is 0.935. The van der Waals surface area contributed by atoms with Gasteiger partial charge in [-0.2, -0.15) is 5.26 Å². The molecule has 0 saturated heterocycles. The molecule has 1 N–H and O–H groups in total. The fourth-order valence-corrected chi connectivity index (χ4v) is 2.67. The van der Waals surface area contributed by atoms with Crippen LogP contribution in [0, 0.1) is 18.3 Å². The summed E-state index contributed by atoms with van der Waals surface area (Å²) in [4.78, 5) is 4.11. The van der Waals surface area contributed by atoms with E-state index in [1.54, 1.807) is 30.5 Å². The van der Waals surface area contributed by atoms with Gasteiger partial charge in [-0.25, -0.2) is 13.4 Å². The van der Waals surface area contributed by atoms with E-state index in [9.17, 15) is 8.42 Å². The van der Waals surface area contributed by atoms with E-state index < -0.39 is 10.0 Å². The van der Waals surface area contributed by atoms with Gasteiger partial charge in [-0.3, -0.25) is 4.72 Å². The van der Waals surface area contributed by atoms with E-state index in [1.807, 2.05) is 13.0 Å². The molecule has 0 atom stereocenters. The standard InChI is InChI=1S/C14H13N3O2S/c1-11-7-9-16-14(10-11)17-20(18,19)13-4-2-12(3-5-13)6-8-15/h2-5,7,9-10H,6H2,1H3,(H,16,17). The molecule has 0 unspecified atom stereocenters. The van der Waals surface area contributed by atoms with Crippen molar-refractivity contribution < 1.29 is 8.42 Å². The number of anilines is 1. The molecule has 0 spiro atoms. The second kappa shape index (κ2) is 5.72. The second-order valence-electron chi connectivity index (χ2n) is 4.30. The van der Waals surface area contributed by atoms with Crippen molar-refractivity contribution in [3.05, 3.63) is 53.7 Å². The first-order chi connectivity index (χ1) is 9.51. The summed E-state index contributed by atoms with van der Waals surface area (Å²) in [7, 11) is -3.66. The smallest absolute Gasteiger partial charge is 0.263 e. The van der Waals surface area contributed by atoms with Crippen LogP contribution in [-0.2, 0) is 16.4 Å². The lowest BCUT2D eigenvalue weighted by atomic mass is 10.2. The molecule has 2 aromatic rings. The molecule has 2 rings (SSSR count). The molecule has 0 fully saturated rings. The summed E-state index contributed by atoms with van der Waals surface area (Å²) in [5, 5.41) is 8.58. The highest BCUT2D eigenvalue weighted by atomic mass is 32.2. The largest absolute Gasteiger partial charge is 0.263 e. The van der Waals surface area contributed by atoms with Gasteiger partial charge in [0.05, 0.1) is 17.4 Å². The molecule has 20 heavy (non-hydrogen) atoms. The number of nitrogens with one attached hydrogen (secondary N) is 1. The van der Waals surface area contributed by atoms with Crippen LogP contribution in [0.25, 0.3) is 0 Å². The zero-order valence-electron chi connectivity index (χ0n) is 10.9. The molecular formula is C14H13N3O2S. The fraction of sp³-hybridized carbons (Fsp3) is 0.143. The minimum atomic E-state index is -3.66. The van der Waals surface area contributed by atoms with Crippen LogP contribution in [-0.4, -0.2) is 13.4 Å². The number of rotatable bonds is 4. The molecule has 102 valence electrons. The number of benzene rings is 1. The average Bonchev–Trinajstić information content (AvgIpc) is 2.39. The number of aromatic nitrogens is 1. The molecule has 0 amide bonds. The Bertz CT molecular complexity index is 747. The summed E-state index contributed by atoms with van der Waals surface area (Å²) in [5.41, 5.74) is 1.70. The molecule has 0 aliphatic rings. The Balaban J connectivity index is 2.24. The molecule has 5 nitrogen and oxygen atoms in total. The van der Waals surface area contributed by atoms with E-state index in [1.165, 1.54) is 12.1 Å².